The van der Waals surface area contributed by atoms with Gasteiger partial charge in [0.1, 0.15) is 10.7 Å². The average molecular weight is 281 g/mol. The second-order valence-electron chi connectivity index (χ2n) is 3.66. The van der Waals surface area contributed by atoms with E-state index in [1.165, 1.54) is 13.8 Å². The molecule has 0 heterocycles. The Hall–Kier alpha value is -1.14. The molecule has 0 aliphatic heterocycles. The number of benzene rings is 1. The van der Waals surface area contributed by atoms with Crippen LogP contribution in [0.15, 0.2) is 17.0 Å². The Bertz CT molecular complexity index is 566. The fourth-order valence-electron chi connectivity index (χ4n) is 1.16. The molecule has 0 aromatic heterocycles. The maximum atomic E-state index is 13.5. The zero-order chi connectivity index (χ0) is 13.4. The lowest BCUT2D eigenvalue weighted by Crippen LogP contribution is -2.16. The minimum Gasteiger partial charge on any atom is -0.478 e. The van der Waals surface area contributed by atoms with Crippen molar-refractivity contribution in [3.8, 4) is 0 Å². The molecule has 1 aromatic rings. The summed E-state index contributed by atoms with van der Waals surface area (Å²) in [6.45, 7) is 2.76. The van der Waals surface area contributed by atoms with Crippen LogP contribution in [0, 0.1) is 5.82 Å². The summed E-state index contributed by atoms with van der Waals surface area (Å²) in [7, 11) is -3.88. The van der Waals surface area contributed by atoms with E-state index in [-0.39, 0.29) is 5.02 Å². The zero-order valence-electron chi connectivity index (χ0n) is 9.07. The number of hydrogen-bond donors (Lipinski definition) is 1. The van der Waals surface area contributed by atoms with Crippen molar-refractivity contribution in [2.75, 3.05) is 0 Å². The standard InChI is InChI=1S/C10H10ClFO4S/c1-5(2)17(15,16)9-3-6(10(13)14)7(11)4-8(9)12/h3-5H,1-2H3,(H,13,14). The van der Waals surface area contributed by atoms with Gasteiger partial charge in [-0.05, 0) is 26.0 Å². The molecule has 0 saturated carbocycles. The second kappa shape index (κ2) is 4.62. The summed E-state index contributed by atoms with van der Waals surface area (Å²) in [6, 6.07) is 1.44. The Morgan fingerprint density at radius 1 is 1.41 bits per heavy atom. The van der Waals surface area contributed by atoms with Gasteiger partial charge < -0.3 is 5.11 Å². The zero-order valence-corrected chi connectivity index (χ0v) is 10.6. The van der Waals surface area contributed by atoms with Gasteiger partial charge in [0.2, 0.25) is 0 Å². The van der Waals surface area contributed by atoms with E-state index in [0.29, 0.717) is 6.07 Å². The van der Waals surface area contributed by atoms with Gasteiger partial charge in [-0.1, -0.05) is 11.6 Å². The van der Waals surface area contributed by atoms with Crippen LogP contribution in [0.2, 0.25) is 5.02 Å². The Morgan fingerprint density at radius 3 is 2.35 bits per heavy atom. The summed E-state index contributed by atoms with van der Waals surface area (Å²) in [6.07, 6.45) is 0. The molecule has 1 rings (SSSR count). The SMILES string of the molecule is CC(C)S(=O)(=O)c1cc(C(=O)O)c(Cl)cc1F. The highest BCUT2D eigenvalue weighted by atomic mass is 35.5. The Labute approximate surface area is 103 Å². The van der Waals surface area contributed by atoms with Gasteiger partial charge in [0, 0.05) is 0 Å². The predicted octanol–water partition coefficient (Wildman–Crippen LogP) is 2.36. The van der Waals surface area contributed by atoms with E-state index in [0.717, 1.165) is 6.07 Å². The smallest absolute Gasteiger partial charge is 0.337 e. The summed E-state index contributed by atoms with van der Waals surface area (Å²) >= 11 is 5.51. The maximum Gasteiger partial charge on any atom is 0.337 e. The van der Waals surface area contributed by atoms with E-state index in [4.69, 9.17) is 16.7 Å². The third-order valence-electron chi connectivity index (χ3n) is 2.18. The minimum atomic E-state index is -3.88. The first-order valence-electron chi connectivity index (χ1n) is 4.64. The molecule has 0 aliphatic carbocycles. The predicted molar refractivity (Wildman–Crippen MR) is 60.7 cm³/mol. The molecule has 1 N–H and O–H groups in total. The lowest BCUT2D eigenvalue weighted by atomic mass is 10.2. The van der Waals surface area contributed by atoms with Gasteiger partial charge in [0.15, 0.2) is 9.84 Å². The van der Waals surface area contributed by atoms with Crippen LogP contribution >= 0.6 is 11.6 Å². The summed E-state index contributed by atoms with van der Waals surface area (Å²) in [4.78, 5) is 10.1. The topological polar surface area (TPSA) is 71.4 Å². The average Bonchev–Trinajstić information content (AvgIpc) is 2.15. The van der Waals surface area contributed by atoms with Crippen molar-refractivity contribution in [3.63, 3.8) is 0 Å². The van der Waals surface area contributed by atoms with E-state index >= 15 is 0 Å². The highest BCUT2D eigenvalue weighted by Gasteiger charge is 2.26. The number of halogens is 2. The van der Waals surface area contributed by atoms with Gasteiger partial charge in [-0.2, -0.15) is 0 Å². The molecule has 1 aromatic carbocycles. The molecule has 0 amide bonds. The lowest BCUT2D eigenvalue weighted by Gasteiger charge is -2.10. The first-order chi connectivity index (χ1) is 7.67. The Kier molecular flexibility index (Phi) is 3.78. The van der Waals surface area contributed by atoms with Gasteiger partial charge >= 0.3 is 5.97 Å². The Balaban J connectivity index is 3.57. The number of carboxylic acid groups (broad SMARTS) is 1. The van der Waals surface area contributed by atoms with Crippen LogP contribution in [0.3, 0.4) is 0 Å². The number of sulfone groups is 1. The molecule has 0 spiro atoms. The highest BCUT2D eigenvalue weighted by molar-refractivity contribution is 7.92. The second-order valence-corrected chi connectivity index (χ2v) is 6.54. The van der Waals surface area contributed by atoms with Crippen molar-refractivity contribution >= 4 is 27.4 Å². The lowest BCUT2D eigenvalue weighted by molar-refractivity contribution is 0.0696. The summed E-state index contributed by atoms with van der Waals surface area (Å²) in [5, 5.41) is 7.60. The summed E-state index contributed by atoms with van der Waals surface area (Å²) in [5.74, 6) is -2.45. The quantitative estimate of drug-likeness (QED) is 0.922. The number of aromatic carboxylic acids is 1. The third kappa shape index (κ3) is 2.58. The van der Waals surface area contributed by atoms with Crippen LogP contribution in [0.4, 0.5) is 4.39 Å². The van der Waals surface area contributed by atoms with Crippen molar-refractivity contribution in [2.24, 2.45) is 0 Å². The molecule has 17 heavy (non-hydrogen) atoms. The van der Waals surface area contributed by atoms with Crippen molar-refractivity contribution in [1.29, 1.82) is 0 Å². The van der Waals surface area contributed by atoms with Gasteiger partial charge in [-0.3, -0.25) is 0 Å². The third-order valence-corrected chi connectivity index (χ3v) is 4.66. The molecule has 7 heteroatoms. The molecule has 0 saturated heterocycles. The van der Waals surface area contributed by atoms with E-state index in [1.807, 2.05) is 0 Å². The molecule has 94 valence electrons. The van der Waals surface area contributed by atoms with Crippen LogP contribution in [-0.4, -0.2) is 24.7 Å². The van der Waals surface area contributed by atoms with Crippen molar-refractivity contribution in [3.05, 3.63) is 28.5 Å². The normalized spacial score (nSPS) is 11.8. The number of carbonyl (C=O) groups is 1. The van der Waals surface area contributed by atoms with E-state index in [1.54, 1.807) is 0 Å². The monoisotopic (exact) mass is 280 g/mol. The fraction of sp³-hybridized carbons (Fsp3) is 0.300. The van der Waals surface area contributed by atoms with Crippen LogP contribution < -0.4 is 0 Å². The first-order valence-corrected chi connectivity index (χ1v) is 6.56. The van der Waals surface area contributed by atoms with Crippen LogP contribution in [0.5, 0.6) is 0 Å². The van der Waals surface area contributed by atoms with Crippen molar-refractivity contribution in [2.45, 2.75) is 24.0 Å². The molecular weight excluding hydrogens is 271 g/mol. The van der Waals surface area contributed by atoms with E-state index < -0.39 is 37.3 Å². The molecule has 0 radical (unpaired) electrons. The molecule has 0 bridgehead atoms. The van der Waals surface area contributed by atoms with Gasteiger partial charge in [0.25, 0.3) is 0 Å². The molecular formula is C10H10ClFO4S. The van der Waals surface area contributed by atoms with Crippen molar-refractivity contribution in [1.82, 2.24) is 0 Å². The van der Waals surface area contributed by atoms with Crippen LogP contribution in [0.25, 0.3) is 0 Å². The Morgan fingerprint density at radius 2 is 1.94 bits per heavy atom. The maximum absolute atomic E-state index is 13.5. The first kappa shape index (κ1) is 13.9. The molecule has 4 nitrogen and oxygen atoms in total. The van der Waals surface area contributed by atoms with Crippen molar-refractivity contribution < 1.29 is 22.7 Å². The minimum absolute atomic E-state index is 0.335. The molecule has 0 fully saturated rings. The van der Waals surface area contributed by atoms with Gasteiger partial charge in [-0.15, -0.1) is 0 Å². The van der Waals surface area contributed by atoms with E-state index in [2.05, 4.69) is 0 Å². The molecule has 0 aliphatic rings. The largest absolute Gasteiger partial charge is 0.478 e. The summed E-state index contributed by atoms with van der Waals surface area (Å²) in [5.41, 5.74) is -0.438. The summed E-state index contributed by atoms with van der Waals surface area (Å²) < 4.78 is 37.0. The molecule has 0 unspecified atom stereocenters. The number of hydrogen-bond acceptors (Lipinski definition) is 3. The van der Waals surface area contributed by atoms with E-state index in [9.17, 15) is 17.6 Å². The van der Waals surface area contributed by atoms with Crippen LogP contribution in [-0.2, 0) is 9.84 Å². The van der Waals surface area contributed by atoms with Crippen LogP contribution in [0.1, 0.15) is 24.2 Å². The number of carboxylic acids is 1. The van der Waals surface area contributed by atoms with Gasteiger partial charge in [-0.25, -0.2) is 17.6 Å². The molecule has 0 atom stereocenters. The van der Waals surface area contributed by atoms with Gasteiger partial charge in [0.05, 0.1) is 15.8 Å². The fourth-order valence-corrected chi connectivity index (χ4v) is 2.52. The highest BCUT2D eigenvalue weighted by Crippen LogP contribution is 2.26. The number of rotatable bonds is 3.